The maximum absolute atomic E-state index is 12.4. The summed E-state index contributed by atoms with van der Waals surface area (Å²) in [6.45, 7) is 3.21. The number of nitrogens with zero attached hydrogens (tertiary/aromatic N) is 2. The lowest BCUT2D eigenvalue weighted by atomic mass is 10.1. The van der Waals surface area contributed by atoms with Crippen molar-refractivity contribution in [1.82, 2.24) is 20.0 Å². The molecule has 0 radical (unpaired) electrons. The second-order valence-corrected chi connectivity index (χ2v) is 6.92. The summed E-state index contributed by atoms with van der Waals surface area (Å²) in [5.41, 5.74) is 2.36. The molecule has 1 amide bonds. The second-order valence-electron chi connectivity index (χ2n) is 6.92. The number of imidazole rings is 1. The number of hydrogen-bond acceptors (Lipinski definition) is 4. The van der Waals surface area contributed by atoms with Crippen molar-refractivity contribution < 1.29 is 9.53 Å². The van der Waals surface area contributed by atoms with Gasteiger partial charge in [-0.25, -0.2) is 4.98 Å². The molecule has 1 fully saturated rings. The van der Waals surface area contributed by atoms with Gasteiger partial charge in [-0.1, -0.05) is 12.1 Å². The molecule has 0 spiro atoms. The van der Waals surface area contributed by atoms with Crippen LogP contribution in [0.3, 0.4) is 0 Å². The fourth-order valence-corrected chi connectivity index (χ4v) is 3.39. The first-order chi connectivity index (χ1) is 13.3. The van der Waals surface area contributed by atoms with E-state index in [1.165, 1.54) is 6.42 Å². The number of amides is 1. The van der Waals surface area contributed by atoms with Gasteiger partial charge in [0.25, 0.3) is 5.91 Å². The van der Waals surface area contributed by atoms with E-state index < -0.39 is 0 Å². The van der Waals surface area contributed by atoms with E-state index in [1.54, 1.807) is 6.07 Å². The first kappa shape index (κ1) is 23.0. The molecule has 2 N–H and O–H groups in total. The van der Waals surface area contributed by atoms with E-state index in [4.69, 9.17) is 4.74 Å². The maximum atomic E-state index is 12.4. The van der Waals surface area contributed by atoms with Gasteiger partial charge in [-0.15, -0.1) is 24.8 Å². The van der Waals surface area contributed by atoms with E-state index in [1.807, 2.05) is 53.2 Å². The molecule has 3 aromatic rings. The van der Waals surface area contributed by atoms with Crippen molar-refractivity contribution in [3.05, 3.63) is 66.1 Å². The van der Waals surface area contributed by atoms with Crippen LogP contribution in [0.5, 0.6) is 5.75 Å². The van der Waals surface area contributed by atoms with Crippen molar-refractivity contribution in [2.75, 3.05) is 19.6 Å². The smallest absolute Gasteiger partial charge is 0.251 e. The monoisotopic (exact) mass is 436 g/mol. The van der Waals surface area contributed by atoms with E-state index in [2.05, 4.69) is 15.6 Å². The lowest BCUT2D eigenvalue weighted by Crippen LogP contribution is -2.26. The number of ether oxygens (including phenoxy) is 1. The number of halogens is 2. The summed E-state index contributed by atoms with van der Waals surface area (Å²) in [6, 6.07) is 13.2. The molecule has 1 aromatic carbocycles. The highest BCUT2D eigenvalue weighted by Gasteiger charge is 2.14. The first-order valence-corrected chi connectivity index (χ1v) is 9.42. The Bertz CT molecular complexity index is 893. The number of nitrogens with one attached hydrogen (secondary N) is 2. The van der Waals surface area contributed by atoms with Crippen LogP contribution < -0.4 is 15.4 Å². The lowest BCUT2D eigenvalue weighted by Gasteiger charge is -2.10. The van der Waals surface area contributed by atoms with Crippen molar-refractivity contribution in [2.24, 2.45) is 5.92 Å². The highest BCUT2D eigenvalue weighted by molar-refractivity contribution is 5.94. The van der Waals surface area contributed by atoms with Gasteiger partial charge >= 0.3 is 0 Å². The molecule has 1 saturated heterocycles. The molecule has 6 nitrogen and oxygen atoms in total. The number of aromatic nitrogens is 2. The first-order valence-electron chi connectivity index (χ1n) is 9.42. The number of rotatable bonds is 7. The fraction of sp³-hybridized carbons (Fsp3) is 0.333. The number of pyridine rings is 1. The zero-order valence-electron chi connectivity index (χ0n) is 16.0. The van der Waals surface area contributed by atoms with Crippen LogP contribution in [0, 0.1) is 5.92 Å². The van der Waals surface area contributed by atoms with Crippen LogP contribution in [-0.4, -0.2) is 34.9 Å². The lowest BCUT2D eigenvalue weighted by molar-refractivity contribution is 0.0951. The second kappa shape index (κ2) is 11.0. The summed E-state index contributed by atoms with van der Waals surface area (Å²) in [5.74, 6) is 1.28. The number of hydrogen-bond donors (Lipinski definition) is 2. The van der Waals surface area contributed by atoms with Gasteiger partial charge in [-0.05, 0) is 62.2 Å². The number of carbonyl (C=O) groups excluding carboxylic acids is 1. The van der Waals surface area contributed by atoms with Gasteiger partial charge in [-0.2, -0.15) is 0 Å². The molecule has 3 heterocycles. The third-order valence-corrected chi connectivity index (χ3v) is 4.90. The predicted octanol–water partition coefficient (Wildman–Crippen LogP) is 3.49. The molecule has 0 aliphatic carbocycles. The van der Waals surface area contributed by atoms with Crippen molar-refractivity contribution in [3.8, 4) is 5.75 Å². The summed E-state index contributed by atoms with van der Waals surface area (Å²) in [5, 5.41) is 6.36. The molecule has 1 unspecified atom stereocenters. The van der Waals surface area contributed by atoms with E-state index >= 15 is 0 Å². The van der Waals surface area contributed by atoms with Crippen LogP contribution in [0.2, 0.25) is 0 Å². The Kier molecular flexibility index (Phi) is 8.76. The Hall–Kier alpha value is -2.28. The van der Waals surface area contributed by atoms with Gasteiger partial charge < -0.3 is 19.8 Å². The molecule has 29 heavy (non-hydrogen) atoms. The third kappa shape index (κ3) is 6.10. The zero-order chi connectivity index (χ0) is 18.5. The Morgan fingerprint density at radius 3 is 2.93 bits per heavy atom. The molecular weight excluding hydrogens is 411 g/mol. The van der Waals surface area contributed by atoms with Crippen LogP contribution in [0.1, 0.15) is 28.9 Å². The van der Waals surface area contributed by atoms with E-state index in [-0.39, 0.29) is 30.7 Å². The van der Waals surface area contributed by atoms with E-state index in [0.717, 1.165) is 30.9 Å². The van der Waals surface area contributed by atoms with Gasteiger partial charge in [-0.3, -0.25) is 4.79 Å². The maximum Gasteiger partial charge on any atom is 0.251 e. The molecule has 0 bridgehead atoms. The SMILES string of the molecule is Cl.Cl.O=C(NCCC1CCNC1)c1cccc(OCc2cn3ccccc3n2)c1. The largest absolute Gasteiger partial charge is 0.487 e. The fourth-order valence-electron chi connectivity index (χ4n) is 3.39. The van der Waals surface area contributed by atoms with Crippen molar-refractivity contribution in [3.63, 3.8) is 0 Å². The molecule has 2 aromatic heterocycles. The van der Waals surface area contributed by atoms with Gasteiger partial charge in [0.2, 0.25) is 0 Å². The summed E-state index contributed by atoms with van der Waals surface area (Å²) in [7, 11) is 0. The van der Waals surface area contributed by atoms with Crippen LogP contribution in [-0.2, 0) is 6.61 Å². The Labute approximate surface area is 182 Å². The topological polar surface area (TPSA) is 67.7 Å². The number of carbonyl (C=O) groups is 1. The van der Waals surface area contributed by atoms with Gasteiger partial charge in [0.15, 0.2) is 0 Å². The summed E-state index contributed by atoms with van der Waals surface area (Å²) in [6.07, 6.45) is 6.12. The van der Waals surface area contributed by atoms with E-state index in [9.17, 15) is 4.79 Å². The molecule has 4 rings (SSSR count). The van der Waals surface area contributed by atoms with Crippen LogP contribution in [0.4, 0.5) is 0 Å². The number of benzene rings is 1. The molecule has 1 aliphatic heterocycles. The van der Waals surface area contributed by atoms with Crippen molar-refractivity contribution >= 4 is 36.4 Å². The minimum Gasteiger partial charge on any atom is -0.487 e. The van der Waals surface area contributed by atoms with Crippen molar-refractivity contribution in [1.29, 1.82) is 0 Å². The highest BCUT2D eigenvalue weighted by atomic mass is 35.5. The molecule has 0 saturated carbocycles. The van der Waals surface area contributed by atoms with Crippen molar-refractivity contribution in [2.45, 2.75) is 19.4 Å². The average molecular weight is 437 g/mol. The Morgan fingerprint density at radius 1 is 1.24 bits per heavy atom. The predicted molar refractivity (Wildman–Crippen MR) is 118 cm³/mol. The molecule has 8 heteroatoms. The summed E-state index contributed by atoms with van der Waals surface area (Å²) < 4.78 is 7.79. The minimum atomic E-state index is -0.0564. The normalized spacial score (nSPS) is 15.4. The summed E-state index contributed by atoms with van der Waals surface area (Å²) in [4.78, 5) is 16.9. The average Bonchev–Trinajstić information content (AvgIpc) is 3.36. The molecule has 1 aliphatic rings. The standard InChI is InChI=1S/C21H24N4O2.2ClH/c26-21(23-10-8-16-7-9-22-13-16)17-4-3-5-19(12-17)27-15-18-14-25-11-2-1-6-20(25)24-18;;/h1-6,11-12,14,16,22H,7-10,13,15H2,(H,23,26);2*1H. The number of fused-ring (bicyclic) bond motifs is 1. The molecular formula is C21H26Cl2N4O2. The van der Waals surface area contributed by atoms with Crippen LogP contribution in [0.25, 0.3) is 5.65 Å². The molecule has 1 atom stereocenters. The Morgan fingerprint density at radius 2 is 2.14 bits per heavy atom. The highest BCUT2D eigenvalue weighted by Crippen LogP contribution is 2.16. The van der Waals surface area contributed by atoms with Gasteiger partial charge in [0, 0.05) is 24.5 Å². The minimum absolute atomic E-state index is 0. The third-order valence-electron chi connectivity index (χ3n) is 4.90. The Balaban J connectivity index is 0.00000150. The van der Waals surface area contributed by atoms with E-state index in [0.29, 0.717) is 30.4 Å². The van der Waals surface area contributed by atoms with Crippen LogP contribution >= 0.6 is 24.8 Å². The zero-order valence-corrected chi connectivity index (χ0v) is 17.7. The van der Waals surface area contributed by atoms with Crippen LogP contribution in [0.15, 0.2) is 54.9 Å². The van der Waals surface area contributed by atoms with Gasteiger partial charge in [0.1, 0.15) is 18.0 Å². The van der Waals surface area contributed by atoms with Gasteiger partial charge in [0.05, 0.1) is 5.69 Å². The molecule has 156 valence electrons. The summed E-state index contributed by atoms with van der Waals surface area (Å²) >= 11 is 0. The quantitative estimate of drug-likeness (QED) is 0.594.